The maximum Gasteiger partial charge on any atom is 0.234 e. The van der Waals surface area contributed by atoms with E-state index in [1.54, 1.807) is 17.1 Å². The fourth-order valence-corrected chi connectivity index (χ4v) is 4.54. The van der Waals surface area contributed by atoms with Gasteiger partial charge in [-0.15, -0.1) is 6.58 Å². The maximum absolute atomic E-state index is 13.1. The van der Waals surface area contributed by atoms with Gasteiger partial charge in [0.1, 0.15) is 5.60 Å². The predicted molar refractivity (Wildman–Crippen MR) is 89.0 cm³/mol. The summed E-state index contributed by atoms with van der Waals surface area (Å²) in [5.41, 5.74) is -0.204. The summed E-state index contributed by atoms with van der Waals surface area (Å²) in [6.45, 7) is 3.78. The van der Waals surface area contributed by atoms with E-state index in [-0.39, 0.29) is 11.9 Å². The van der Waals surface area contributed by atoms with Gasteiger partial charge in [-0.3, -0.25) is 4.79 Å². The summed E-state index contributed by atoms with van der Waals surface area (Å²) < 4.78 is 6.92. The lowest BCUT2D eigenvalue weighted by atomic mass is 9.74. The van der Waals surface area contributed by atoms with Crippen molar-refractivity contribution in [2.75, 3.05) is 4.90 Å². The molecule has 124 valence electrons. The lowest BCUT2D eigenvalue weighted by molar-refractivity contribution is -0.313. The number of fused-ring (bicyclic) bond motifs is 1. The molecule has 1 aromatic rings. The van der Waals surface area contributed by atoms with Crippen LogP contribution in [0.1, 0.15) is 6.42 Å². The number of aliphatic carboxylic acids is 1. The Morgan fingerprint density at radius 2 is 2.12 bits per heavy atom. The average Bonchev–Trinajstić information content (AvgIpc) is 3.18. The molecule has 0 unspecified atom stereocenters. The SMILES string of the molecule is C=CC[C@H]1N(c2ccc(Br)cc2)C(=O)[C@H]2[C@@H](C(=O)[O-])[C@H]3C=C[C@]21O3. The van der Waals surface area contributed by atoms with Crippen LogP contribution in [0.3, 0.4) is 0 Å². The monoisotopic (exact) mass is 388 g/mol. The van der Waals surface area contributed by atoms with Crippen LogP contribution >= 0.6 is 15.9 Å². The van der Waals surface area contributed by atoms with Crippen molar-refractivity contribution in [2.45, 2.75) is 24.2 Å². The molecule has 5 atom stereocenters. The summed E-state index contributed by atoms with van der Waals surface area (Å²) >= 11 is 3.38. The van der Waals surface area contributed by atoms with E-state index in [2.05, 4.69) is 22.5 Å². The molecular weight excluding hydrogens is 374 g/mol. The van der Waals surface area contributed by atoms with Gasteiger partial charge < -0.3 is 19.5 Å². The molecule has 2 bridgehead atoms. The zero-order chi connectivity index (χ0) is 17.1. The Morgan fingerprint density at radius 3 is 2.75 bits per heavy atom. The topological polar surface area (TPSA) is 69.7 Å². The first-order chi connectivity index (χ1) is 11.5. The Hall–Kier alpha value is -1.92. The third-order valence-electron chi connectivity index (χ3n) is 5.19. The van der Waals surface area contributed by atoms with E-state index in [0.29, 0.717) is 6.42 Å². The lowest BCUT2D eigenvalue weighted by Crippen LogP contribution is -2.46. The van der Waals surface area contributed by atoms with Gasteiger partial charge in [-0.1, -0.05) is 34.2 Å². The van der Waals surface area contributed by atoms with Crippen LogP contribution < -0.4 is 10.0 Å². The van der Waals surface area contributed by atoms with Crippen molar-refractivity contribution in [3.05, 3.63) is 53.5 Å². The van der Waals surface area contributed by atoms with E-state index in [1.807, 2.05) is 30.3 Å². The zero-order valence-electron chi connectivity index (χ0n) is 12.7. The third-order valence-corrected chi connectivity index (χ3v) is 5.72. The van der Waals surface area contributed by atoms with Crippen LogP contribution in [-0.4, -0.2) is 29.6 Å². The number of carbonyl (C=O) groups is 2. The molecule has 0 N–H and O–H groups in total. The molecule has 3 heterocycles. The van der Waals surface area contributed by atoms with Crippen molar-refractivity contribution in [2.24, 2.45) is 11.8 Å². The van der Waals surface area contributed by atoms with Crippen LogP contribution in [0.2, 0.25) is 0 Å². The molecule has 4 rings (SSSR count). The second kappa shape index (κ2) is 5.29. The van der Waals surface area contributed by atoms with Gasteiger partial charge in [0, 0.05) is 22.0 Å². The summed E-state index contributed by atoms with van der Waals surface area (Å²) in [7, 11) is 0. The number of carboxylic acid groups (broad SMARTS) is 1. The molecule has 1 spiro atoms. The Bertz CT molecular complexity index is 759. The van der Waals surface area contributed by atoms with E-state index in [9.17, 15) is 14.7 Å². The van der Waals surface area contributed by atoms with Gasteiger partial charge in [-0.05, 0) is 30.7 Å². The number of rotatable bonds is 4. The van der Waals surface area contributed by atoms with Crippen molar-refractivity contribution in [1.82, 2.24) is 0 Å². The summed E-state index contributed by atoms with van der Waals surface area (Å²) in [4.78, 5) is 26.4. The van der Waals surface area contributed by atoms with Crippen LogP contribution in [-0.2, 0) is 14.3 Å². The van der Waals surface area contributed by atoms with Gasteiger partial charge in [0.05, 0.1) is 18.1 Å². The van der Waals surface area contributed by atoms with Crippen molar-refractivity contribution >= 4 is 33.5 Å². The summed E-state index contributed by atoms with van der Waals surface area (Å²) in [5.74, 6) is -3.17. The van der Waals surface area contributed by atoms with Crippen molar-refractivity contribution in [3.8, 4) is 0 Å². The first-order valence-electron chi connectivity index (χ1n) is 7.77. The lowest BCUT2D eigenvalue weighted by Gasteiger charge is -2.32. The van der Waals surface area contributed by atoms with Crippen LogP contribution in [0.5, 0.6) is 0 Å². The van der Waals surface area contributed by atoms with Crippen LogP contribution in [0.15, 0.2) is 53.5 Å². The van der Waals surface area contributed by atoms with Gasteiger partial charge in [-0.2, -0.15) is 0 Å². The van der Waals surface area contributed by atoms with Crippen LogP contribution in [0, 0.1) is 11.8 Å². The fraction of sp³-hybridized carbons (Fsp3) is 0.333. The van der Waals surface area contributed by atoms with E-state index in [4.69, 9.17) is 4.74 Å². The molecule has 3 aliphatic rings. The molecule has 0 radical (unpaired) electrons. The second-order valence-electron chi connectivity index (χ2n) is 6.34. The Balaban J connectivity index is 1.83. The highest BCUT2D eigenvalue weighted by molar-refractivity contribution is 9.10. The van der Waals surface area contributed by atoms with Crippen molar-refractivity contribution < 1.29 is 19.4 Å². The molecule has 2 saturated heterocycles. The minimum atomic E-state index is -1.24. The van der Waals surface area contributed by atoms with Gasteiger partial charge in [-0.25, -0.2) is 0 Å². The molecule has 1 aromatic carbocycles. The number of hydrogen-bond donors (Lipinski definition) is 0. The number of nitrogens with zero attached hydrogens (tertiary/aromatic N) is 1. The summed E-state index contributed by atoms with van der Waals surface area (Å²) in [5, 5.41) is 11.6. The highest BCUT2D eigenvalue weighted by Crippen LogP contribution is 2.56. The number of hydrogen-bond acceptors (Lipinski definition) is 4. The molecule has 24 heavy (non-hydrogen) atoms. The normalized spacial score (nSPS) is 36.2. The first-order valence-corrected chi connectivity index (χ1v) is 8.56. The number of carbonyl (C=O) groups excluding carboxylic acids is 2. The minimum Gasteiger partial charge on any atom is -0.550 e. The molecule has 1 amide bonds. The zero-order valence-corrected chi connectivity index (χ0v) is 14.3. The smallest absolute Gasteiger partial charge is 0.234 e. The highest BCUT2D eigenvalue weighted by atomic mass is 79.9. The molecule has 0 aromatic heterocycles. The maximum atomic E-state index is 13.1. The van der Waals surface area contributed by atoms with Gasteiger partial charge in [0.25, 0.3) is 0 Å². The van der Waals surface area contributed by atoms with Gasteiger partial charge >= 0.3 is 0 Å². The average molecular weight is 389 g/mol. The Labute approximate surface area is 147 Å². The predicted octanol–water partition coefficient (Wildman–Crippen LogP) is 1.43. The molecule has 2 fully saturated rings. The van der Waals surface area contributed by atoms with Gasteiger partial charge in [0.15, 0.2) is 0 Å². The first kappa shape index (κ1) is 15.6. The number of amides is 1. The molecule has 0 aliphatic carbocycles. The summed E-state index contributed by atoms with van der Waals surface area (Å²) in [6, 6.07) is 7.05. The summed E-state index contributed by atoms with van der Waals surface area (Å²) in [6.07, 6.45) is 5.24. The molecular formula is C18H15BrNO4-. The second-order valence-corrected chi connectivity index (χ2v) is 7.26. The van der Waals surface area contributed by atoms with E-state index in [1.165, 1.54) is 0 Å². The van der Waals surface area contributed by atoms with E-state index in [0.717, 1.165) is 10.2 Å². The third kappa shape index (κ3) is 1.90. The molecule has 6 heteroatoms. The Kier molecular flexibility index (Phi) is 3.44. The number of anilines is 1. The van der Waals surface area contributed by atoms with Crippen LogP contribution in [0.4, 0.5) is 5.69 Å². The molecule has 5 nitrogen and oxygen atoms in total. The van der Waals surface area contributed by atoms with Crippen molar-refractivity contribution in [1.29, 1.82) is 0 Å². The number of carboxylic acids is 1. The fourth-order valence-electron chi connectivity index (χ4n) is 4.28. The molecule has 0 saturated carbocycles. The molecule has 3 aliphatic heterocycles. The quantitative estimate of drug-likeness (QED) is 0.731. The van der Waals surface area contributed by atoms with E-state index < -0.39 is 29.5 Å². The van der Waals surface area contributed by atoms with Crippen molar-refractivity contribution in [3.63, 3.8) is 0 Å². The number of halogens is 1. The van der Waals surface area contributed by atoms with E-state index >= 15 is 0 Å². The number of ether oxygens (including phenoxy) is 1. The highest BCUT2D eigenvalue weighted by Gasteiger charge is 2.69. The van der Waals surface area contributed by atoms with Crippen LogP contribution in [0.25, 0.3) is 0 Å². The minimum absolute atomic E-state index is 0.231. The number of benzene rings is 1. The standard InChI is InChI=1S/C18H16BrNO4/c1-2-3-13-18-9-8-12(24-18)14(17(22)23)15(18)16(21)20(13)11-6-4-10(19)5-7-11/h2,4-9,12-15H,1,3H2,(H,22,23)/p-1/t12-,13-,14+,15-,18-/m1/s1. The Morgan fingerprint density at radius 1 is 1.42 bits per heavy atom. The van der Waals surface area contributed by atoms with Gasteiger partial charge in [0.2, 0.25) is 5.91 Å². The largest absolute Gasteiger partial charge is 0.550 e.